The molecule has 3 unspecified atom stereocenters. The fraction of sp³-hybridized carbons (Fsp3) is 0.556. The summed E-state index contributed by atoms with van der Waals surface area (Å²) < 4.78 is 0. The van der Waals surface area contributed by atoms with Crippen LogP contribution in [0.15, 0.2) is 30.3 Å². The van der Waals surface area contributed by atoms with Crippen LogP contribution in [-0.2, 0) is 9.59 Å². The number of nitrogens with zero attached hydrogens (tertiary/aromatic N) is 2. The third kappa shape index (κ3) is 3.73. The topological polar surface area (TPSA) is 52.7 Å². The number of nitrogens with one attached hydrogen (secondary N) is 1. The van der Waals surface area contributed by atoms with Gasteiger partial charge < -0.3 is 15.1 Å². The van der Waals surface area contributed by atoms with E-state index in [2.05, 4.69) is 12.2 Å². The number of halogens is 1. The molecule has 132 valence electrons. The van der Waals surface area contributed by atoms with Crippen LogP contribution in [0.4, 0.5) is 0 Å². The van der Waals surface area contributed by atoms with Crippen LogP contribution in [0.5, 0.6) is 0 Å². The molecule has 0 aromatic heterocycles. The van der Waals surface area contributed by atoms with Crippen LogP contribution < -0.4 is 5.32 Å². The maximum absolute atomic E-state index is 13.1. The molecule has 2 heterocycles. The van der Waals surface area contributed by atoms with Gasteiger partial charge in [0.1, 0.15) is 0 Å². The normalized spacial score (nSPS) is 27.6. The Morgan fingerprint density at radius 2 is 1.96 bits per heavy atom. The molecular weight excluding hydrogens is 326 g/mol. The molecule has 0 radical (unpaired) electrons. The maximum atomic E-state index is 13.1. The molecule has 3 rings (SSSR count). The standard InChI is InChI=1S/C18H25N3O2.ClH/c1-13-12-21(11-10-19-13)18(23)15-8-9-16(22)20(2)17(15)14-6-4-3-5-7-14;/h3-7,13,15,17,19H,8-12H2,1-2H3;1H. The summed E-state index contributed by atoms with van der Waals surface area (Å²) in [6.07, 6.45) is 1.10. The first-order chi connectivity index (χ1) is 11.1. The van der Waals surface area contributed by atoms with Gasteiger partial charge in [-0.2, -0.15) is 0 Å². The van der Waals surface area contributed by atoms with Crippen molar-refractivity contribution in [2.75, 3.05) is 26.7 Å². The first kappa shape index (κ1) is 18.7. The Morgan fingerprint density at radius 3 is 2.62 bits per heavy atom. The van der Waals surface area contributed by atoms with E-state index < -0.39 is 0 Å². The number of carbonyl (C=O) groups excluding carboxylic acids is 2. The highest BCUT2D eigenvalue weighted by atomic mass is 35.5. The lowest BCUT2D eigenvalue weighted by Gasteiger charge is -2.42. The molecule has 1 N–H and O–H groups in total. The quantitative estimate of drug-likeness (QED) is 0.884. The highest BCUT2D eigenvalue weighted by Gasteiger charge is 2.40. The molecule has 0 spiro atoms. The van der Waals surface area contributed by atoms with Crippen molar-refractivity contribution in [2.24, 2.45) is 5.92 Å². The van der Waals surface area contributed by atoms with Crippen molar-refractivity contribution < 1.29 is 9.59 Å². The highest BCUT2D eigenvalue weighted by molar-refractivity contribution is 5.85. The lowest BCUT2D eigenvalue weighted by atomic mass is 9.83. The minimum Gasteiger partial charge on any atom is -0.340 e. The van der Waals surface area contributed by atoms with Gasteiger partial charge in [0.2, 0.25) is 11.8 Å². The van der Waals surface area contributed by atoms with E-state index in [0.29, 0.717) is 18.9 Å². The fourth-order valence-electron chi connectivity index (χ4n) is 3.77. The average molecular weight is 352 g/mol. The lowest BCUT2D eigenvalue weighted by Crippen LogP contribution is -2.55. The minimum absolute atomic E-state index is 0. The van der Waals surface area contributed by atoms with Crippen molar-refractivity contribution in [2.45, 2.75) is 31.8 Å². The van der Waals surface area contributed by atoms with Crippen LogP contribution in [-0.4, -0.2) is 54.3 Å². The van der Waals surface area contributed by atoms with Crippen molar-refractivity contribution in [3.05, 3.63) is 35.9 Å². The van der Waals surface area contributed by atoms with Crippen molar-refractivity contribution in [1.82, 2.24) is 15.1 Å². The average Bonchev–Trinajstić information content (AvgIpc) is 2.57. The number of rotatable bonds is 2. The predicted octanol–water partition coefficient (Wildman–Crippen LogP) is 1.84. The van der Waals surface area contributed by atoms with Gasteiger partial charge in [-0.3, -0.25) is 9.59 Å². The lowest BCUT2D eigenvalue weighted by molar-refractivity contribution is -0.147. The van der Waals surface area contributed by atoms with Gasteiger partial charge in [0, 0.05) is 39.1 Å². The summed E-state index contributed by atoms with van der Waals surface area (Å²) in [5.74, 6) is 0.161. The Hall–Kier alpha value is -1.59. The van der Waals surface area contributed by atoms with Crippen LogP contribution in [0.3, 0.4) is 0 Å². The van der Waals surface area contributed by atoms with Gasteiger partial charge in [-0.25, -0.2) is 0 Å². The van der Waals surface area contributed by atoms with Crippen LogP contribution in [0, 0.1) is 5.92 Å². The molecule has 1 aromatic rings. The summed E-state index contributed by atoms with van der Waals surface area (Å²) in [7, 11) is 1.82. The highest BCUT2D eigenvalue weighted by Crippen LogP contribution is 2.36. The van der Waals surface area contributed by atoms with Gasteiger partial charge in [0.25, 0.3) is 0 Å². The zero-order valence-corrected chi connectivity index (χ0v) is 15.1. The molecule has 0 saturated carbocycles. The first-order valence-electron chi connectivity index (χ1n) is 8.40. The summed E-state index contributed by atoms with van der Waals surface area (Å²) in [6, 6.07) is 10.1. The Balaban J connectivity index is 0.00000208. The van der Waals surface area contributed by atoms with Crippen molar-refractivity contribution in [3.8, 4) is 0 Å². The number of carbonyl (C=O) groups is 2. The predicted molar refractivity (Wildman–Crippen MR) is 96.0 cm³/mol. The van der Waals surface area contributed by atoms with Crippen molar-refractivity contribution in [1.29, 1.82) is 0 Å². The molecule has 2 amide bonds. The molecule has 2 fully saturated rings. The fourth-order valence-corrected chi connectivity index (χ4v) is 3.77. The second-order valence-corrected chi connectivity index (χ2v) is 6.64. The number of piperazine rings is 1. The summed E-state index contributed by atoms with van der Waals surface area (Å²) >= 11 is 0. The van der Waals surface area contributed by atoms with E-state index in [1.165, 1.54) is 0 Å². The summed E-state index contributed by atoms with van der Waals surface area (Å²) in [5, 5.41) is 3.37. The Bertz CT molecular complexity index is 581. The maximum Gasteiger partial charge on any atom is 0.228 e. The first-order valence-corrected chi connectivity index (χ1v) is 8.40. The van der Waals surface area contributed by atoms with Crippen LogP contribution in [0.1, 0.15) is 31.4 Å². The number of benzene rings is 1. The molecular formula is C18H26ClN3O2. The Morgan fingerprint density at radius 1 is 1.25 bits per heavy atom. The van der Waals surface area contributed by atoms with Crippen LogP contribution >= 0.6 is 12.4 Å². The summed E-state index contributed by atoms with van der Waals surface area (Å²) in [4.78, 5) is 29.0. The third-order valence-corrected chi connectivity index (χ3v) is 5.00. The molecule has 0 bridgehead atoms. The van der Waals surface area contributed by atoms with Gasteiger partial charge in [-0.05, 0) is 18.9 Å². The summed E-state index contributed by atoms with van der Waals surface area (Å²) in [6.45, 7) is 4.43. The Labute approximate surface area is 149 Å². The molecule has 2 aliphatic heterocycles. The number of hydrogen-bond acceptors (Lipinski definition) is 3. The number of hydrogen-bond donors (Lipinski definition) is 1. The molecule has 5 nitrogen and oxygen atoms in total. The van der Waals surface area contributed by atoms with Gasteiger partial charge in [0.15, 0.2) is 0 Å². The van der Waals surface area contributed by atoms with E-state index in [4.69, 9.17) is 0 Å². The second-order valence-electron chi connectivity index (χ2n) is 6.64. The largest absolute Gasteiger partial charge is 0.340 e. The molecule has 0 aliphatic carbocycles. The van der Waals surface area contributed by atoms with Crippen LogP contribution in [0.25, 0.3) is 0 Å². The number of piperidine rings is 1. The molecule has 2 aliphatic rings. The van der Waals surface area contributed by atoms with Gasteiger partial charge >= 0.3 is 0 Å². The van der Waals surface area contributed by atoms with Crippen LogP contribution in [0.2, 0.25) is 0 Å². The molecule has 2 saturated heterocycles. The van der Waals surface area contributed by atoms with E-state index in [1.54, 1.807) is 4.90 Å². The SMILES string of the molecule is CC1CN(C(=O)C2CCC(=O)N(C)C2c2ccccc2)CCN1.Cl. The van der Waals surface area contributed by atoms with E-state index >= 15 is 0 Å². The van der Waals surface area contributed by atoms with E-state index in [9.17, 15) is 9.59 Å². The zero-order valence-electron chi connectivity index (χ0n) is 14.3. The van der Waals surface area contributed by atoms with Gasteiger partial charge in [-0.15, -0.1) is 12.4 Å². The molecule has 6 heteroatoms. The monoisotopic (exact) mass is 351 g/mol. The van der Waals surface area contributed by atoms with Gasteiger partial charge in [-0.1, -0.05) is 30.3 Å². The van der Waals surface area contributed by atoms with Crippen molar-refractivity contribution in [3.63, 3.8) is 0 Å². The number of amides is 2. The summed E-state index contributed by atoms with van der Waals surface area (Å²) in [5.41, 5.74) is 1.05. The Kier molecular flexibility index (Phi) is 6.24. The van der Waals surface area contributed by atoms with E-state index in [-0.39, 0.29) is 36.2 Å². The second kappa shape index (κ2) is 7.99. The molecule has 1 aromatic carbocycles. The molecule has 3 atom stereocenters. The molecule has 24 heavy (non-hydrogen) atoms. The minimum atomic E-state index is -0.157. The smallest absolute Gasteiger partial charge is 0.228 e. The van der Waals surface area contributed by atoms with Crippen molar-refractivity contribution >= 4 is 24.2 Å². The van der Waals surface area contributed by atoms with E-state index in [0.717, 1.165) is 25.2 Å². The third-order valence-electron chi connectivity index (χ3n) is 5.00. The van der Waals surface area contributed by atoms with Gasteiger partial charge in [0.05, 0.1) is 12.0 Å². The van der Waals surface area contributed by atoms with E-state index in [1.807, 2.05) is 42.3 Å². The zero-order chi connectivity index (χ0) is 16.4. The number of likely N-dealkylation sites (tertiary alicyclic amines) is 1.